The van der Waals surface area contributed by atoms with Crippen molar-refractivity contribution in [2.24, 2.45) is 0 Å². The van der Waals surface area contributed by atoms with Gasteiger partial charge >= 0.3 is 0 Å². The second-order valence-electron chi connectivity index (χ2n) is 7.68. The maximum atomic E-state index is 12.6. The molecule has 0 heterocycles. The summed E-state index contributed by atoms with van der Waals surface area (Å²) >= 11 is 6.48. The van der Waals surface area contributed by atoms with E-state index in [0.717, 1.165) is 11.1 Å². The predicted molar refractivity (Wildman–Crippen MR) is 132 cm³/mol. The van der Waals surface area contributed by atoms with Gasteiger partial charge in [-0.05, 0) is 72.9 Å². The number of nitrogens with zero attached hydrogens (tertiary/aromatic N) is 1. The van der Waals surface area contributed by atoms with E-state index in [4.69, 9.17) is 21.1 Å². The van der Waals surface area contributed by atoms with Crippen LogP contribution in [-0.2, 0) is 11.4 Å². The van der Waals surface area contributed by atoms with Crippen LogP contribution in [0.3, 0.4) is 0 Å². The predicted octanol–water partition coefficient (Wildman–Crippen LogP) is 6.40. The molecule has 0 radical (unpaired) electrons. The number of hydrogen-bond donors (Lipinski definition) is 1. The normalized spacial score (nSPS) is 11.0. The minimum atomic E-state index is -0.503. The van der Waals surface area contributed by atoms with E-state index in [1.54, 1.807) is 18.2 Å². The lowest BCUT2D eigenvalue weighted by Gasteiger charge is -2.14. The van der Waals surface area contributed by atoms with Gasteiger partial charge in [0.2, 0.25) is 0 Å². The molecule has 0 saturated carbocycles. The summed E-state index contributed by atoms with van der Waals surface area (Å²) < 4.78 is 11.4. The molecule has 0 saturated heterocycles. The average Bonchev–Trinajstić information content (AvgIpc) is 2.80. The fraction of sp³-hybridized carbons (Fsp3) is 0.185. The van der Waals surface area contributed by atoms with Crippen molar-refractivity contribution >= 4 is 29.3 Å². The number of aryl methyl sites for hydroxylation is 3. The third-order valence-electron chi connectivity index (χ3n) is 5.28. The Balaban J connectivity index is 1.83. The van der Waals surface area contributed by atoms with Crippen LogP contribution >= 0.6 is 11.6 Å². The SMILES string of the molecule is COc1cc(/C=C(\C#N)C(=O)Nc2ccccc2C)cc(Cl)c1OCc1ccc(C)c(C)c1. The number of rotatable bonds is 7. The van der Waals surface area contributed by atoms with Crippen LogP contribution in [0.15, 0.2) is 60.2 Å². The van der Waals surface area contributed by atoms with Crippen LogP contribution in [0.4, 0.5) is 5.69 Å². The van der Waals surface area contributed by atoms with Crippen molar-refractivity contribution in [2.75, 3.05) is 12.4 Å². The highest BCUT2D eigenvalue weighted by Crippen LogP contribution is 2.37. The van der Waals surface area contributed by atoms with Crippen LogP contribution in [0.25, 0.3) is 6.08 Å². The number of nitrogens with one attached hydrogen (secondary N) is 1. The van der Waals surface area contributed by atoms with Crippen molar-refractivity contribution in [3.05, 3.63) is 93.0 Å². The first-order chi connectivity index (χ1) is 15.8. The van der Waals surface area contributed by atoms with Gasteiger partial charge in [-0.2, -0.15) is 5.26 Å². The number of nitriles is 1. The molecule has 5 nitrogen and oxygen atoms in total. The first-order valence-corrected chi connectivity index (χ1v) is 10.8. The maximum absolute atomic E-state index is 12.6. The van der Waals surface area contributed by atoms with E-state index in [9.17, 15) is 10.1 Å². The van der Waals surface area contributed by atoms with Crippen LogP contribution in [0.2, 0.25) is 5.02 Å². The number of benzene rings is 3. The third-order valence-corrected chi connectivity index (χ3v) is 5.56. The molecule has 0 aromatic heterocycles. The summed E-state index contributed by atoms with van der Waals surface area (Å²) in [7, 11) is 1.51. The minimum Gasteiger partial charge on any atom is -0.493 e. The Labute approximate surface area is 199 Å². The molecule has 0 aliphatic carbocycles. The van der Waals surface area contributed by atoms with Gasteiger partial charge in [0.25, 0.3) is 5.91 Å². The minimum absolute atomic E-state index is 0.0554. The molecular weight excluding hydrogens is 436 g/mol. The Morgan fingerprint density at radius 2 is 1.82 bits per heavy atom. The van der Waals surface area contributed by atoms with E-state index in [2.05, 4.69) is 25.2 Å². The standard InChI is InChI=1S/C27H25ClN2O3/c1-17-9-10-20(11-19(17)3)16-33-26-23(28)13-21(14-25(26)32-4)12-22(15-29)27(31)30-24-8-6-5-7-18(24)2/h5-14H,16H2,1-4H3,(H,30,31)/b22-12+. The fourth-order valence-corrected chi connectivity index (χ4v) is 3.50. The summed E-state index contributed by atoms with van der Waals surface area (Å²) in [5.74, 6) is 0.309. The van der Waals surface area contributed by atoms with Crippen LogP contribution in [-0.4, -0.2) is 13.0 Å². The molecule has 3 aromatic carbocycles. The van der Waals surface area contributed by atoms with E-state index in [1.165, 1.54) is 24.3 Å². The Hall–Kier alpha value is -3.75. The van der Waals surface area contributed by atoms with Gasteiger partial charge in [-0.1, -0.05) is 48.0 Å². The van der Waals surface area contributed by atoms with E-state index < -0.39 is 5.91 Å². The molecule has 0 spiro atoms. The maximum Gasteiger partial charge on any atom is 0.266 e. The summed E-state index contributed by atoms with van der Waals surface area (Å²) in [6.45, 7) is 6.32. The third kappa shape index (κ3) is 5.94. The lowest BCUT2D eigenvalue weighted by Crippen LogP contribution is -2.14. The number of hydrogen-bond acceptors (Lipinski definition) is 4. The number of anilines is 1. The van der Waals surface area contributed by atoms with Crippen molar-refractivity contribution in [1.29, 1.82) is 5.26 Å². The van der Waals surface area contributed by atoms with Crippen molar-refractivity contribution in [2.45, 2.75) is 27.4 Å². The van der Waals surface area contributed by atoms with Crippen molar-refractivity contribution in [3.8, 4) is 17.6 Å². The first-order valence-electron chi connectivity index (χ1n) is 10.4. The smallest absolute Gasteiger partial charge is 0.266 e. The number of halogens is 1. The summed E-state index contributed by atoms with van der Waals surface area (Å²) in [4.78, 5) is 12.6. The Morgan fingerprint density at radius 1 is 1.06 bits per heavy atom. The molecule has 0 fully saturated rings. The number of methoxy groups -OCH3 is 1. The molecular formula is C27H25ClN2O3. The molecule has 3 rings (SSSR count). The molecule has 3 aromatic rings. The molecule has 1 N–H and O–H groups in total. The molecule has 0 aliphatic heterocycles. The van der Waals surface area contributed by atoms with Crippen LogP contribution in [0.5, 0.6) is 11.5 Å². The van der Waals surface area contributed by atoms with E-state index in [-0.39, 0.29) is 5.57 Å². The molecule has 33 heavy (non-hydrogen) atoms. The largest absolute Gasteiger partial charge is 0.493 e. The Bertz CT molecular complexity index is 1260. The monoisotopic (exact) mass is 460 g/mol. The quantitative estimate of drug-likeness (QED) is 0.327. The molecule has 168 valence electrons. The molecule has 1 amide bonds. The van der Waals surface area contributed by atoms with Crippen LogP contribution in [0, 0.1) is 32.1 Å². The highest BCUT2D eigenvalue weighted by molar-refractivity contribution is 6.32. The summed E-state index contributed by atoms with van der Waals surface area (Å²) in [6, 6.07) is 18.8. The highest BCUT2D eigenvalue weighted by atomic mass is 35.5. The van der Waals surface area contributed by atoms with Gasteiger partial charge in [-0.15, -0.1) is 0 Å². The highest BCUT2D eigenvalue weighted by Gasteiger charge is 2.15. The van der Waals surface area contributed by atoms with Gasteiger partial charge in [-0.25, -0.2) is 0 Å². The summed E-state index contributed by atoms with van der Waals surface area (Å²) in [5.41, 5.74) is 5.45. The lowest BCUT2D eigenvalue weighted by atomic mass is 10.1. The summed E-state index contributed by atoms with van der Waals surface area (Å²) in [5, 5.41) is 12.6. The molecule has 6 heteroatoms. The van der Waals surface area contributed by atoms with Crippen LogP contribution in [0.1, 0.15) is 27.8 Å². The number of ether oxygens (including phenoxy) is 2. The topological polar surface area (TPSA) is 71.3 Å². The van der Waals surface area contributed by atoms with Crippen molar-refractivity contribution < 1.29 is 14.3 Å². The summed E-state index contributed by atoms with van der Waals surface area (Å²) in [6.07, 6.45) is 1.47. The average molecular weight is 461 g/mol. The van der Waals surface area contributed by atoms with Gasteiger partial charge in [0.05, 0.1) is 12.1 Å². The van der Waals surface area contributed by atoms with Gasteiger partial charge in [-0.3, -0.25) is 4.79 Å². The van der Waals surface area contributed by atoms with Gasteiger partial charge in [0, 0.05) is 5.69 Å². The number of para-hydroxylation sites is 1. The number of carbonyl (C=O) groups is 1. The first kappa shape index (κ1) is 23.9. The van der Waals surface area contributed by atoms with Crippen molar-refractivity contribution in [1.82, 2.24) is 0 Å². The fourth-order valence-electron chi connectivity index (χ4n) is 3.23. The Morgan fingerprint density at radius 3 is 2.48 bits per heavy atom. The number of amides is 1. The van der Waals surface area contributed by atoms with E-state index in [1.807, 2.05) is 43.3 Å². The van der Waals surface area contributed by atoms with Gasteiger partial charge in [0.1, 0.15) is 18.2 Å². The molecule has 0 unspecified atom stereocenters. The van der Waals surface area contributed by atoms with Crippen LogP contribution < -0.4 is 14.8 Å². The van der Waals surface area contributed by atoms with Gasteiger partial charge < -0.3 is 14.8 Å². The zero-order valence-electron chi connectivity index (χ0n) is 19.0. The molecule has 0 aliphatic rings. The Kier molecular flexibility index (Phi) is 7.76. The second-order valence-corrected chi connectivity index (χ2v) is 8.09. The van der Waals surface area contributed by atoms with Gasteiger partial charge in [0.15, 0.2) is 11.5 Å². The lowest BCUT2D eigenvalue weighted by molar-refractivity contribution is -0.112. The van der Waals surface area contributed by atoms with Crippen molar-refractivity contribution in [3.63, 3.8) is 0 Å². The zero-order valence-corrected chi connectivity index (χ0v) is 19.8. The number of carbonyl (C=O) groups excluding carboxylic acids is 1. The van der Waals surface area contributed by atoms with E-state index in [0.29, 0.717) is 34.4 Å². The van der Waals surface area contributed by atoms with E-state index >= 15 is 0 Å². The molecule has 0 atom stereocenters. The molecule has 0 bridgehead atoms. The zero-order chi connectivity index (χ0) is 24.0. The second kappa shape index (κ2) is 10.7.